The van der Waals surface area contributed by atoms with E-state index in [0.717, 1.165) is 5.56 Å². The highest BCUT2D eigenvalue weighted by Gasteiger charge is 2.35. The number of carbonyl (C=O) groups is 2. The van der Waals surface area contributed by atoms with Crippen molar-refractivity contribution in [2.75, 3.05) is 16.8 Å². The van der Waals surface area contributed by atoms with E-state index >= 15 is 0 Å². The molecule has 0 aliphatic carbocycles. The van der Waals surface area contributed by atoms with Crippen LogP contribution in [0.25, 0.3) is 0 Å². The Kier molecular flexibility index (Phi) is 4.90. The van der Waals surface area contributed by atoms with Crippen LogP contribution in [0.2, 0.25) is 5.02 Å². The highest BCUT2D eigenvalue weighted by Crippen LogP contribution is 2.29. The minimum atomic E-state index is -0.542. The summed E-state index contributed by atoms with van der Waals surface area (Å²) in [7, 11) is 0. The predicted molar refractivity (Wildman–Crippen MR) is 98.4 cm³/mol. The van der Waals surface area contributed by atoms with Gasteiger partial charge in [-0.1, -0.05) is 23.7 Å². The molecule has 0 unspecified atom stereocenters. The smallest absolute Gasteiger partial charge is 0.271 e. The van der Waals surface area contributed by atoms with Crippen LogP contribution in [0.15, 0.2) is 42.5 Å². The largest absolute Gasteiger partial charge is 0.325 e. The molecule has 0 spiro atoms. The summed E-state index contributed by atoms with van der Waals surface area (Å²) in [5.41, 5.74) is 1.67. The summed E-state index contributed by atoms with van der Waals surface area (Å²) in [5, 5.41) is 14.3. The standard InChI is InChI=1S/C18H16ClN3O4/c1-11-15(19)6-3-7-16(11)20-18(24)12-8-17(23)21(10-12)13-4-2-5-14(9-13)22(25)26/h2-7,9,12H,8,10H2,1H3,(H,20,24)/t12-/m1/s1. The van der Waals surface area contributed by atoms with Crippen molar-refractivity contribution in [3.8, 4) is 0 Å². The highest BCUT2D eigenvalue weighted by atomic mass is 35.5. The van der Waals surface area contributed by atoms with Crippen LogP contribution < -0.4 is 10.2 Å². The summed E-state index contributed by atoms with van der Waals surface area (Å²) in [6.45, 7) is 1.97. The molecule has 0 saturated carbocycles. The zero-order valence-corrected chi connectivity index (χ0v) is 14.7. The number of non-ortho nitro benzene ring substituents is 1. The van der Waals surface area contributed by atoms with Crippen molar-refractivity contribution in [3.05, 3.63) is 63.2 Å². The van der Waals surface area contributed by atoms with Gasteiger partial charge in [-0.25, -0.2) is 0 Å². The number of hydrogen-bond donors (Lipinski definition) is 1. The molecule has 7 nitrogen and oxygen atoms in total. The van der Waals surface area contributed by atoms with Gasteiger partial charge in [-0.15, -0.1) is 0 Å². The molecule has 0 bridgehead atoms. The fourth-order valence-electron chi connectivity index (χ4n) is 2.88. The number of nitrogens with one attached hydrogen (secondary N) is 1. The van der Waals surface area contributed by atoms with E-state index < -0.39 is 10.8 Å². The van der Waals surface area contributed by atoms with Crippen LogP contribution >= 0.6 is 11.6 Å². The molecule has 2 aromatic rings. The number of nitro benzene ring substituents is 1. The van der Waals surface area contributed by atoms with Gasteiger partial charge in [-0.2, -0.15) is 0 Å². The van der Waals surface area contributed by atoms with Gasteiger partial charge in [0.25, 0.3) is 5.69 Å². The molecule has 0 aromatic heterocycles. The number of nitrogens with zero attached hydrogens (tertiary/aromatic N) is 2. The van der Waals surface area contributed by atoms with Gasteiger partial charge in [0.1, 0.15) is 0 Å². The molecule has 26 heavy (non-hydrogen) atoms. The number of carbonyl (C=O) groups excluding carboxylic acids is 2. The van der Waals surface area contributed by atoms with Crippen LogP contribution in [0, 0.1) is 23.0 Å². The molecular weight excluding hydrogens is 358 g/mol. The average Bonchev–Trinajstić information content (AvgIpc) is 3.01. The molecule has 1 saturated heterocycles. The fourth-order valence-corrected chi connectivity index (χ4v) is 3.06. The topological polar surface area (TPSA) is 92.6 Å². The number of amides is 2. The Morgan fingerprint density at radius 2 is 2.04 bits per heavy atom. The van der Waals surface area contributed by atoms with Gasteiger partial charge in [0.05, 0.1) is 16.5 Å². The maximum atomic E-state index is 12.5. The van der Waals surface area contributed by atoms with Crippen LogP contribution in [0.5, 0.6) is 0 Å². The van der Waals surface area contributed by atoms with Gasteiger partial charge in [0.2, 0.25) is 11.8 Å². The van der Waals surface area contributed by atoms with E-state index in [-0.39, 0.29) is 30.5 Å². The summed E-state index contributed by atoms with van der Waals surface area (Å²) >= 11 is 6.06. The first kappa shape index (κ1) is 17.9. The van der Waals surface area contributed by atoms with Crippen LogP contribution in [-0.4, -0.2) is 23.3 Å². The zero-order valence-electron chi connectivity index (χ0n) is 13.9. The molecule has 1 aliphatic rings. The summed E-state index contributed by atoms with van der Waals surface area (Å²) in [5.74, 6) is -1.06. The van der Waals surface area contributed by atoms with E-state index in [1.54, 1.807) is 31.2 Å². The highest BCUT2D eigenvalue weighted by molar-refractivity contribution is 6.31. The first-order valence-corrected chi connectivity index (χ1v) is 8.35. The van der Waals surface area contributed by atoms with Gasteiger partial charge >= 0.3 is 0 Å². The van der Waals surface area contributed by atoms with Crippen molar-refractivity contribution >= 4 is 40.5 Å². The Hall–Kier alpha value is -2.93. The fraction of sp³-hybridized carbons (Fsp3) is 0.222. The maximum Gasteiger partial charge on any atom is 0.271 e. The Morgan fingerprint density at radius 3 is 2.77 bits per heavy atom. The average molecular weight is 374 g/mol. The van der Waals surface area contributed by atoms with Crippen LogP contribution in [0.4, 0.5) is 17.1 Å². The SMILES string of the molecule is Cc1c(Cl)cccc1NC(=O)[C@@H]1CC(=O)N(c2cccc([N+](=O)[O-])c2)C1. The molecule has 1 aliphatic heterocycles. The Labute approximate surface area is 154 Å². The minimum absolute atomic E-state index is 0.0497. The molecule has 0 radical (unpaired) electrons. The molecule has 1 heterocycles. The molecule has 3 rings (SSSR count). The van der Waals surface area contributed by atoms with Gasteiger partial charge in [-0.3, -0.25) is 19.7 Å². The third kappa shape index (κ3) is 3.52. The summed E-state index contributed by atoms with van der Waals surface area (Å²) in [6.07, 6.45) is 0.0497. The van der Waals surface area contributed by atoms with E-state index in [1.165, 1.54) is 23.1 Å². The summed E-state index contributed by atoms with van der Waals surface area (Å²) < 4.78 is 0. The number of nitro groups is 1. The van der Waals surface area contributed by atoms with Crippen molar-refractivity contribution in [1.82, 2.24) is 0 Å². The molecule has 8 heteroatoms. The molecule has 1 atom stereocenters. The molecular formula is C18H16ClN3O4. The van der Waals surface area contributed by atoms with Crippen molar-refractivity contribution in [2.45, 2.75) is 13.3 Å². The molecule has 2 aromatic carbocycles. The lowest BCUT2D eigenvalue weighted by Crippen LogP contribution is -2.28. The predicted octanol–water partition coefficient (Wildman–Crippen LogP) is 3.55. The van der Waals surface area contributed by atoms with E-state index in [2.05, 4.69) is 5.32 Å². The van der Waals surface area contributed by atoms with Crippen molar-refractivity contribution in [2.24, 2.45) is 5.92 Å². The quantitative estimate of drug-likeness (QED) is 0.655. The lowest BCUT2D eigenvalue weighted by molar-refractivity contribution is -0.384. The van der Waals surface area contributed by atoms with Crippen molar-refractivity contribution in [1.29, 1.82) is 0 Å². The minimum Gasteiger partial charge on any atom is -0.325 e. The number of halogens is 1. The number of hydrogen-bond acceptors (Lipinski definition) is 4. The maximum absolute atomic E-state index is 12.5. The van der Waals surface area contributed by atoms with Gasteiger partial charge < -0.3 is 10.2 Å². The van der Waals surface area contributed by atoms with Crippen molar-refractivity contribution in [3.63, 3.8) is 0 Å². The van der Waals surface area contributed by atoms with Crippen LogP contribution in [0.1, 0.15) is 12.0 Å². The number of benzene rings is 2. The first-order chi connectivity index (χ1) is 12.4. The molecule has 1 fully saturated rings. The van der Waals surface area contributed by atoms with Gasteiger partial charge in [0.15, 0.2) is 0 Å². The lowest BCUT2D eigenvalue weighted by Gasteiger charge is -2.17. The third-order valence-electron chi connectivity index (χ3n) is 4.37. The van der Waals surface area contributed by atoms with E-state index in [1.807, 2.05) is 0 Å². The summed E-state index contributed by atoms with van der Waals surface area (Å²) in [6, 6.07) is 11.0. The Morgan fingerprint density at radius 1 is 1.31 bits per heavy atom. The van der Waals surface area contributed by atoms with Gasteiger partial charge in [-0.05, 0) is 30.7 Å². The van der Waals surface area contributed by atoms with Gasteiger partial charge in [0, 0.05) is 35.8 Å². The Bertz CT molecular complexity index is 900. The first-order valence-electron chi connectivity index (χ1n) is 7.97. The van der Waals surface area contributed by atoms with Crippen LogP contribution in [0.3, 0.4) is 0 Å². The van der Waals surface area contributed by atoms with E-state index in [9.17, 15) is 19.7 Å². The Balaban J connectivity index is 1.75. The normalized spacial score (nSPS) is 16.6. The molecule has 2 amide bonds. The van der Waals surface area contributed by atoms with Crippen LogP contribution in [-0.2, 0) is 9.59 Å². The van der Waals surface area contributed by atoms with E-state index in [4.69, 9.17) is 11.6 Å². The molecule has 134 valence electrons. The monoisotopic (exact) mass is 373 g/mol. The number of rotatable bonds is 4. The second-order valence-electron chi connectivity index (χ2n) is 6.08. The number of anilines is 2. The zero-order chi connectivity index (χ0) is 18.8. The lowest BCUT2D eigenvalue weighted by atomic mass is 10.1. The molecule has 1 N–H and O–H groups in total. The third-order valence-corrected chi connectivity index (χ3v) is 4.78. The summed E-state index contributed by atoms with van der Waals surface area (Å²) in [4.78, 5) is 36.6. The second-order valence-corrected chi connectivity index (χ2v) is 6.49. The van der Waals surface area contributed by atoms with E-state index in [0.29, 0.717) is 16.4 Å². The van der Waals surface area contributed by atoms with Crippen molar-refractivity contribution < 1.29 is 14.5 Å². The second kappa shape index (κ2) is 7.13.